The summed E-state index contributed by atoms with van der Waals surface area (Å²) in [7, 11) is 0. The van der Waals surface area contributed by atoms with E-state index in [4.69, 9.17) is 4.98 Å². The Morgan fingerprint density at radius 1 is 1.17 bits per heavy atom. The van der Waals surface area contributed by atoms with Crippen molar-refractivity contribution >= 4 is 44.5 Å². The summed E-state index contributed by atoms with van der Waals surface area (Å²) >= 11 is 3.65. The van der Waals surface area contributed by atoms with E-state index in [9.17, 15) is 9.90 Å². The molecule has 1 atom stereocenters. The van der Waals surface area contributed by atoms with E-state index in [-0.39, 0.29) is 5.41 Å². The lowest BCUT2D eigenvalue weighted by Gasteiger charge is -2.38. The number of nitrogens with zero attached hydrogens (tertiary/aromatic N) is 1. The SMILES string of the molecule is CCC(C)(C)C1C/C(=C/c2ccccc2Br)c2nc3ccccc3c(C(=O)O)c2C1. The van der Waals surface area contributed by atoms with Crippen LogP contribution < -0.4 is 0 Å². The number of aromatic carboxylic acids is 1. The maximum Gasteiger partial charge on any atom is 0.336 e. The van der Waals surface area contributed by atoms with Crippen LogP contribution in [0.1, 0.15) is 60.8 Å². The van der Waals surface area contributed by atoms with Gasteiger partial charge >= 0.3 is 5.97 Å². The lowest BCUT2D eigenvalue weighted by atomic mass is 9.67. The van der Waals surface area contributed by atoms with Crippen LogP contribution in [0.2, 0.25) is 0 Å². The van der Waals surface area contributed by atoms with Crippen LogP contribution in [-0.4, -0.2) is 16.1 Å². The first-order chi connectivity index (χ1) is 14.3. The number of benzene rings is 2. The molecule has 0 fully saturated rings. The number of carboxylic acid groups (broad SMARTS) is 1. The number of halogens is 1. The number of allylic oxidation sites excluding steroid dienone is 1. The molecule has 1 aliphatic carbocycles. The molecule has 0 bridgehead atoms. The average Bonchev–Trinajstić information content (AvgIpc) is 2.73. The molecule has 1 heterocycles. The van der Waals surface area contributed by atoms with Gasteiger partial charge in [-0.25, -0.2) is 9.78 Å². The van der Waals surface area contributed by atoms with Crippen molar-refractivity contribution in [3.8, 4) is 0 Å². The third-order valence-electron chi connectivity index (χ3n) is 6.68. The van der Waals surface area contributed by atoms with Crippen LogP contribution in [0.5, 0.6) is 0 Å². The van der Waals surface area contributed by atoms with Gasteiger partial charge in [-0.15, -0.1) is 0 Å². The standard InChI is InChI=1S/C26H26BrNO2/c1-4-26(2,3)18-14-17(13-16-9-5-7-11-21(16)27)24-20(15-18)23(25(29)30)19-10-6-8-12-22(19)28-24/h5-13,18H,4,14-15H2,1-3H3,(H,29,30)/b17-13-. The Morgan fingerprint density at radius 3 is 2.57 bits per heavy atom. The lowest BCUT2D eigenvalue weighted by molar-refractivity contribution is 0.0696. The van der Waals surface area contributed by atoms with E-state index >= 15 is 0 Å². The van der Waals surface area contributed by atoms with Crippen molar-refractivity contribution in [2.24, 2.45) is 11.3 Å². The van der Waals surface area contributed by atoms with E-state index in [1.807, 2.05) is 42.5 Å². The van der Waals surface area contributed by atoms with Crippen molar-refractivity contribution in [1.29, 1.82) is 0 Å². The number of hydrogen-bond donors (Lipinski definition) is 1. The minimum Gasteiger partial charge on any atom is -0.478 e. The molecule has 4 rings (SSSR count). The fraction of sp³-hybridized carbons (Fsp3) is 0.308. The van der Waals surface area contributed by atoms with E-state index in [1.165, 1.54) is 0 Å². The maximum atomic E-state index is 12.4. The topological polar surface area (TPSA) is 50.2 Å². The normalized spacial score (nSPS) is 17.9. The van der Waals surface area contributed by atoms with E-state index < -0.39 is 5.97 Å². The Bertz CT molecular complexity index is 1160. The van der Waals surface area contributed by atoms with E-state index in [2.05, 4.69) is 48.8 Å². The van der Waals surface area contributed by atoms with Gasteiger partial charge in [-0.05, 0) is 59.1 Å². The third kappa shape index (κ3) is 3.69. The second kappa shape index (κ2) is 7.99. The fourth-order valence-electron chi connectivity index (χ4n) is 4.39. The van der Waals surface area contributed by atoms with E-state index in [1.54, 1.807) is 0 Å². The quantitative estimate of drug-likeness (QED) is 0.443. The Kier molecular flexibility index (Phi) is 5.54. The number of aromatic nitrogens is 1. The highest BCUT2D eigenvalue weighted by Crippen LogP contribution is 2.46. The molecule has 3 nitrogen and oxygen atoms in total. The van der Waals surface area contributed by atoms with Crippen LogP contribution in [0, 0.1) is 11.3 Å². The molecule has 0 spiro atoms. The number of rotatable bonds is 4. The second-order valence-corrected chi connectivity index (χ2v) is 9.63. The van der Waals surface area contributed by atoms with E-state index in [0.717, 1.165) is 57.0 Å². The summed E-state index contributed by atoms with van der Waals surface area (Å²) in [5.41, 5.74) is 5.15. The summed E-state index contributed by atoms with van der Waals surface area (Å²) in [4.78, 5) is 17.3. The van der Waals surface area contributed by atoms with Crippen molar-refractivity contribution in [2.45, 2.75) is 40.0 Å². The summed E-state index contributed by atoms with van der Waals surface area (Å²) in [5.74, 6) is -0.523. The summed E-state index contributed by atoms with van der Waals surface area (Å²) in [5, 5.41) is 10.9. The van der Waals surface area contributed by atoms with Gasteiger partial charge in [-0.2, -0.15) is 0 Å². The van der Waals surface area contributed by atoms with Gasteiger partial charge in [-0.3, -0.25) is 0 Å². The summed E-state index contributed by atoms with van der Waals surface area (Å²) in [6.07, 6.45) is 4.84. The number of para-hydroxylation sites is 1. The molecule has 0 saturated carbocycles. The largest absolute Gasteiger partial charge is 0.478 e. The first-order valence-electron chi connectivity index (χ1n) is 10.4. The monoisotopic (exact) mass is 463 g/mol. The molecule has 1 unspecified atom stereocenters. The van der Waals surface area contributed by atoms with Gasteiger partial charge < -0.3 is 5.11 Å². The fourth-order valence-corrected chi connectivity index (χ4v) is 4.79. The number of carbonyl (C=O) groups is 1. The number of hydrogen-bond acceptors (Lipinski definition) is 2. The van der Waals surface area contributed by atoms with Crippen LogP contribution in [0.15, 0.2) is 53.0 Å². The van der Waals surface area contributed by atoms with Gasteiger partial charge in [0.1, 0.15) is 0 Å². The predicted molar refractivity (Wildman–Crippen MR) is 127 cm³/mol. The molecule has 1 aliphatic rings. The smallest absolute Gasteiger partial charge is 0.336 e. The molecular formula is C26H26BrNO2. The lowest BCUT2D eigenvalue weighted by Crippen LogP contribution is -2.30. The highest BCUT2D eigenvalue weighted by molar-refractivity contribution is 9.10. The number of fused-ring (bicyclic) bond motifs is 2. The minimum absolute atomic E-state index is 0.103. The molecule has 0 radical (unpaired) electrons. The van der Waals surface area contributed by atoms with Crippen LogP contribution in [0.25, 0.3) is 22.6 Å². The molecule has 0 saturated heterocycles. The molecule has 0 amide bonds. The van der Waals surface area contributed by atoms with Gasteiger partial charge in [0.15, 0.2) is 0 Å². The molecule has 1 N–H and O–H groups in total. The molecule has 2 aromatic carbocycles. The van der Waals surface area contributed by atoms with Crippen LogP contribution in [0.4, 0.5) is 0 Å². The molecule has 1 aromatic heterocycles. The van der Waals surface area contributed by atoms with Gasteiger partial charge in [0.05, 0.1) is 16.8 Å². The van der Waals surface area contributed by atoms with Crippen molar-refractivity contribution in [1.82, 2.24) is 4.98 Å². The van der Waals surface area contributed by atoms with Crippen LogP contribution in [-0.2, 0) is 6.42 Å². The molecule has 0 aliphatic heterocycles. The van der Waals surface area contributed by atoms with Crippen LogP contribution in [0.3, 0.4) is 0 Å². The second-order valence-electron chi connectivity index (χ2n) is 8.77. The van der Waals surface area contributed by atoms with Gasteiger partial charge in [-0.1, -0.05) is 79.5 Å². The zero-order valence-electron chi connectivity index (χ0n) is 17.6. The van der Waals surface area contributed by atoms with Crippen molar-refractivity contribution in [3.63, 3.8) is 0 Å². The summed E-state index contributed by atoms with van der Waals surface area (Å²) < 4.78 is 1.02. The molecular weight excluding hydrogens is 438 g/mol. The van der Waals surface area contributed by atoms with Crippen molar-refractivity contribution in [2.75, 3.05) is 0 Å². The van der Waals surface area contributed by atoms with Gasteiger partial charge in [0.2, 0.25) is 0 Å². The number of carboxylic acids is 1. The Hall–Kier alpha value is -2.46. The molecule has 30 heavy (non-hydrogen) atoms. The Balaban J connectivity index is 2.01. The summed E-state index contributed by atoms with van der Waals surface area (Å²) in [6.45, 7) is 6.78. The van der Waals surface area contributed by atoms with Crippen molar-refractivity contribution in [3.05, 3.63) is 75.4 Å². The zero-order valence-corrected chi connectivity index (χ0v) is 19.2. The summed E-state index contributed by atoms with van der Waals surface area (Å²) in [6, 6.07) is 15.7. The van der Waals surface area contributed by atoms with Gasteiger partial charge in [0, 0.05) is 9.86 Å². The highest BCUT2D eigenvalue weighted by atomic mass is 79.9. The molecule has 4 heteroatoms. The van der Waals surface area contributed by atoms with E-state index in [0.29, 0.717) is 11.5 Å². The van der Waals surface area contributed by atoms with Gasteiger partial charge in [0.25, 0.3) is 0 Å². The average molecular weight is 464 g/mol. The molecule has 3 aromatic rings. The zero-order chi connectivity index (χ0) is 21.5. The Labute approximate surface area is 186 Å². The van der Waals surface area contributed by atoms with Crippen molar-refractivity contribution < 1.29 is 9.90 Å². The number of pyridine rings is 1. The van der Waals surface area contributed by atoms with Crippen LogP contribution >= 0.6 is 15.9 Å². The minimum atomic E-state index is -0.875. The predicted octanol–water partition coefficient (Wildman–Crippen LogP) is 7.23. The first-order valence-corrected chi connectivity index (χ1v) is 11.2. The third-order valence-corrected chi connectivity index (χ3v) is 7.40. The first kappa shape index (κ1) is 20.8. The molecule has 154 valence electrons. The highest BCUT2D eigenvalue weighted by Gasteiger charge is 2.36. The maximum absolute atomic E-state index is 12.4. The Morgan fingerprint density at radius 2 is 1.87 bits per heavy atom.